The maximum Gasteiger partial charge on any atom is 0.147 e. The molecule has 2 heterocycles. The van der Waals surface area contributed by atoms with Gasteiger partial charge < -0.3 is 4.57 Å². The number of aryl methyl sites for hydroxylation is 1. The molecule has 0 radical (unpaired) electrons. The number of nitrogens with zero attached hydrogens (tertiary/aromatic N) is 2. The number of para-hydroxylation sites is 1. The molecule has 3 heteroatoms. The van der Waals surface area contributed by atoms with Crippen LogP contribution in [0.3, 0.4) is 0 Å². The second-order valence-corrected chi connectivity index (χ2v) is 4.02. The molecular weight excluding hydrogens is 215 g/mol. The highest BCUT2D eigenvalue weighted by atomic mass is 19.1. The summed E-state index contributed by atoms with van der Waals surface area (Å²) in [7, 11) is 0. The zero-order valence-corrected chi connectivity index (χ0v) is 9.39. The topological polar surface area (TPSA) is 17.8 Å². The Hall–Kier alpha value is -2.16. The average Bonchev–Trinajstić information content (AvgIpc) is 2.75. The molecule has 0 spiro atoms. The van der Waals surface area contributed by atoms with E-state index in [0.29, 0.717) is 5.52 Å². The lowest BCUT2D eigenvalue weighted by atomic mass is 10.2. The van der Waals surface area contributed by atoms with Crippen LogP contribution in [0.25, 0.3) is 16.6 Å². The molecule has 0 N–H and O–H groups in total. The molecule has 17 heavy (non-hydrogen) atoms. The third-order valence-electron chi connectivity index (χ3n) is 2.84. The molecule has 0 saturated carbocycles. The van der Waals surface area contributed by atoms with Gasteiger partial charge in [-0.1, -0.05) is 12.1 Å². The van der Waals surface area contributed by atoms with Gasteiger partial charge in [-0.2, -0.15) is 0 Å². The van der Waals surface area contributed by atoms with Crippen molar-refractivity contribution in [1.29, 1.82) is 0 Å². The van der Waals surface area contributed by atoms with Gasteiger partial charge in [-0.3, -0.25) is 4.98 Å². The van der Waals surface area contributed by atoms with Crippen LogP contribution in [0.4, 0.5) is 4.39 Å². The van der Waals surface area contributed by atoms with Crippen molar-refractivity contribution < 1.29 is 4.39 Å². The molecule has 0 aliphatic heterocycles. The second-order valence-electron chi connectivity index (χ2n) is 4.02. The van der Waals surface area contributed by atoms with Gasteiger partial charge in [0.1, 0.15) is 5.82 Å². The van der Waals surface area contributed by atoms with Crippen LogP contribution < -0.4 is 0 Å². The van der Waals surface area contributed by atoms with E-state index in [1.807, 2.05) is 42.0 Å². The first-order valence-corrected chi connectivity index (χ1v) is 5.44. The number of hydrogen-bond donors (Lipinski definition) is 0. The highest BCUT2D eigenvalue weighted by molar-refractivity contribution is 5.82. The van der Waals surface area contributed by atoms with E-state index in [-0.39, 0.29) is 5.82 Å². The molecule has 0 fully saturated rings. The van der Waals surface area contributed by atoms with Gasteiger partial charge in [0.25, 0.3) is 0 Å². The van der Waals surface area contributed by atoms with Crippen molar-refractivity contribution >= 4 is 10.9 Å². The van der Waals surface area contributed by atoms with Crippen molar-refractivity contribution in [3.05, 3.63) is 60.3 Å². The zero-order valence-electron chi connectivity index (χ0n) is 9.39. The van der Waals surface area contributed by atoms with E-state index >= 15 is 0 Å². The molecule has 3 rings (SSSR count). The third kappa shape index (κ3) is 1.60. The number of halogens is 1. The summed E-state index contributed by atoms with van der Waals surface area (Å²) < 4.78 is 15.6. The number of hydrogen-bond acceptors (Lipinski definition) is 1. The minimum atomic E-state index is -0.215. The molecule has 0 aliphatic rings. The Labute approximate surface area is 98.3 Å². The van der Waals surface area contributed by atoms with E-state index in [0.717, 1.165) is 16.8 Å². The minimum Gasteiger partial charge on any atom is -0.312 e. The summed E-state index contributed by atoms with van der Waals surface area (Å²) in [6.07, 6.45) is 3.61. The monoisotopic (exact) mass is 226 g/mol. The van der Waals surface area contributed by atoms with Crippen molar-refractivity contribution in [2.45, 2.75) is 6.92 Å². The molecule has 2 aromatic heterocycles. The minimum absolute atomic E-state index is 0.215. The predicted octanol–water partition coefficient (Wildman–Crippen LogP) is 3.47. The third-order valence-corrected chi connectivity index (χ3v) is 2.84. The average molecular weight is 226 g/mol. The summed E-state index contributed by atoms with van der Waals surface area (Å²) in [4.78, 5) is 4.23. The number of aromatic nitrogens is 2. The number of fused-ring (bicyclic) bond motifs is 1. The fourth-order valence-electron chi connectivity index (χ4n) is 1.97. The Bertz CT molecular complexity index is 668. The van der Waals surface area contributed by atoms with Crippen molar-refractivity contribution in [1.82, 2.24) is 9.55 Å². The standard InChI is InChI=1S/C14H11FN2/c1-10-5-6-12(9-16-10)17-8-7-11-3-2-4-13(15)14(11)17/h2-9H,1H3. The van der Waals surface area contributed by atoms with Gasteiger partial charge in [-0.15, -0.1) is 0 Å². The van der Waals surface area contributed by atoms with E-state index in [4.69, 9.17) is 0 Å². The van der Waals surface area contributed by atoms with Crippen LogP contribution >= 0.6 is 0 Å². The van der Waals surface area contributed by atoms with Gasteiger partial charge in [-0.25, -0.2) is 4.39 Å². The fourth-order valence-corrected chi connectivity index (χ4v) is 1.97. The summed E-state index contributed by atoms with van der Waals surface area (Å²) >= 11 is 0. The van der Waals surface area contributed by atoms with Crippen LogP contribution in [-0.4, -0.2) is 9.55 Å². The summed E-state index contributed by atoms with van der Waals surface area (Å²) in [5.41, 5.74) is 2.42. The maximum atomic E-state index is 13.8. The molecule has 1 aromatic carbocycles. The summed E-state index contributed by atoms with van der Waals surface area (Å²) in [6.45, 7) is 1.93. The number of rotatable bonds is 1. The van der Waals surface area contributed by atoms with Crippen molar-refractivity contribution in [3.8, 4) is 5.69 Å². The van der Waals surface area contributed by atoms with Crippen LogP contribution in [0.5, 0.6) is 0 Å². The normalized spacial score (nSPS) is 10.9. The van der Waals surface area contributed by atoms with Crippen LogP contribution in [0.1, 0.15) is 5.69 Å². The SMILES string of the molecule is Cc1ccc(-n2ccc3cccc(F)c32)cn1. The molecule has 0 aliphatic carbocycles. The van der Waals surface area contributed by atoms with Gasteiger partial charge >= 0.3 is 0 Å². The molecular formula is C14H11FN2. The zero-order chi connectivity index (χ0) is 11.8. The molecule has 84 valence electrons. The van der Waals surface area contributed by atoms with E-state index in [2.05, 4.69) is 4.98 Å². The van der Waals surface area contributed by atoms with E-state index in [1.165, 1.54) is 6.07 Å². The lowest BCUT2D eigenvalue weighted by Crippen LogP contribution is -1.95. The maximum absolute atomic E-state index is 13.8. The molecule has 0 amide bonds. The van der Waals surface area contributed by atoms with Gasteiger partial charge in [0, 0.05) is 17.3 Å². The van der Waals surface area contributed by atoms with Crippen LogP contribution in [0, 0.1) is 12.7 Å². The fraction of sp³-hybridized carbons (Fsp3) is 0.0714. The largest absolute Gasteiger partial charge is 0.312 e. The molecule has 0 atom stereocenters. The predicted molar refractivity (Wildman–Crippen MR) is 65.8 cm³/mol. The Morgan fingerprint density at radius 3 is 2.76 bits per heavy atom. The highest BCUT2D eigenvalue weighted by Crippen LogP contribution is 2.22. The van der Waals surface area contributed by atoms with Crippen molar-refractivity contribution in [2.75, 3.05) is 0 Å². The summed E-state index contributed by atoms with van der Waals surface area (Å²) in [5.74, 6) is -0.215. The van der Waals surface area contributed by atoms with Crippen molar-refractivity contribution in [3.63, 3.8) is 0 Å². The lowest BCUT2D eigenvalue weighted by Gasteiger charge is -2.05. The number of pyridine rings is 1. The van der Waals surface area contributed by atoms with Gasteiger partial charge in [-0.05, 0) is 31.2 Å². The first-order valence-electron chi connectivity index (χ1n) is 5.44. The second kappa shape index (κ2) is 3.70. The van der Waals surface area contributed by atoms with Crippen molar-refractivity contribution in [2.24, 2.45) is 0 Å². The molecule has 0 bridgehead atoms. The first kappa shape index (κ1) is 10.0. The van der Waals surface area contributed by atoms with Gasteiger partial charge in [0.2, 0.25) is 0 Å². The Morgan fingerprint density at radius 2 is 2.00 bits per heavy atom. The Balaban J connectivity index is 2.27. The molecule has 2 nitrogen and oxygen atoms in total. The smallest absolute Gasteiger partial charge is 0.147 e. The summed E-state index contributed by atoms with van der Waals surface area (Å²) in [6, 6.07) is 10.8. The van der Waals surface area contributed by atoms with Gasteiger partial charge in [0.15, 0.2) is 0 Å². The molecule has 3 aromatic rings. The molecule has 0 saturated heterocycles. The van der Waals surface area contributed by atoms with Crippen LogP contribution in [0.2, 0.25) is 0 Å². The van der Waals surface area contributed by atoms with E-state index in [9.17, 15) is 4.39 Å². The Morgan fingerprint density at radius 1 is 1.12 bits per heavy atom. The number of benzene rings is 1. The lowest BCUT2D eigenvalue weighted by molar-refractivity contribution is 0.634. The highest BCUT2D eigenvalue weighted by Gasteiger charge is 2.07. The Kier molecular flexibility index (Phi) is 2.18. The first-order chi connectivity index (χ1) is 8.25. The van der Waals surface area contributed by atoms with E-state index in [1.54, 1.807) is 12.3 Å². The molecule has 0 unspecified atom stereocenters. The summed E-state index contributed by atoms with van der Waals surface area (Å²) in [5, 5.41) is 0.894. The van der Waals surface area contributed by atoms with Crippen LogP contribution in [0.15, 0.2) is 48.8 Å². The quantitative estimate of drug-likeness (QED) is 0.621. The van der Waals surface area contributed by atoms with Gasteiger partial charge in [0.05, 0.1) is 17.4 Å². The van der Waals surface area contributed by atoms with Crippen LogP contribution in [-0.2, 0) is 0 Å². The van der Waals surface area contributed by atoms with E-state index < -0.39 is 0 Å².